The third-order valence-corrected chi connectivity index (χ3v) is 7.25. The summed E-state index contributed by atoms with van der Waals surface area (Å²) in [5.41, 5.74) is 1.06. The third kappa shape index (κ3) is 4.56. The highest BCUT2D eigenvalue weighted by Gasteiger charge is 2.46. The molecular formula is C27H23ClN2O6S. The van der Waals surface area contributed by atoms with Gasteiger partial charge in [0.25, 0.3) is 5.91 Å². The zero-order valence-electron chi connectivity index (χ0n) is 20.1. The number of hydrogen-bond acceptors (Lipinski definition) is 8. The van der Waals surface area contributed by atoms with Crippen molar-refractivity contribution in [3.8, 4) is 11.5 Å². The zero-order valence-corrected chi connectivity index (χ0v) is 21.6. The highest BCUT2D eigenvalue weighted by molar-refractivity contribution is 7.22. The molecule has 1 aliphatic heterocycles. The largest absolute Gasteiger partial charge is 0.503 e. The Balaban J connectivity index is 1.63. The second kappa shape index (κ2) is 10.3. The fourth-order valence-corrected chi connectivity index (χ4v) is 5.45. The van der Waals surface area contributed by atoms with E-state index in [0.29, 0.717) is 39.3 Å². The fraction of sp³-hybridized carbons (Fsp3) is 0.222. The fourth-order valence-electron chi connectivity index (χ4n) is 4.18. The standard InChI is InChI=1S/C27H23ClN2O6S/c1-3-4-11-35-18-10-7-15(13-20(18)34-2)23-22(24(31)19-6-5-12-36-19)25(32)26(33)30(23)27-29-17-9-8-16(28)14-21(17)37-27/h5-10,12-14,23,32H,3-4,11H2,1-2H3. The maximum atomic E-state index is 13.5. The van der Waals surface area contributed by atoms with Gasteiger partial charge in [0.15, 0.2) is 28.1 Å². The predicted molar refractivity (Wildman–Crippen MR) is 141 cm³/mol. The molecule has 0 aliphatic carbocycles. The molecule has 37 heavy (non-hydrogen) atoms. The van der Waals surface area contributed by atoms with E-state index in [4.69, 9.17) is 25.5 Å². The van der Waals surface area contributed by atoms with Crippen LogP contribution in [-0.4, -0.2) is 35.5 Å². The van der Waals surface area contributed by atoms with Gasteiger partial charge in [-0.25, -0.2) is 4.98 Å². The van der Waals surface area contributed by atoms with E-state index in [2.05, 4.69) is 11.9 Å². The number of aromatic nitrogens is 1. The van der Waals surface area contributed by atoms with E-state index in [9.17, 15) is 14.7 Å². The molecule has 5 rings (SSSR count). The molecule has 2 aromatic carbocycles. The zero-order chi connectivity index (χ0) is 26.1. The van der Waals surface area contributed by atoms with Crippen LogP contribution in [0.4, 0.5) is 5.13 Å². The molecule has 3 heterocycles. The first-order valence-electron chi connectivity index (χ1n) is 11.6. The van der Waals surface area contributed by atoms with Crippen LogP contribution in [0.25, 0.3) is 10.2 Å². The van der Waals surface area contributed by atoms with Crippen molar-refractivity contribution in [2.24, 2.45) is 0 Å². The Morgan fingerprint density at radius 3 is 2.78 bits per heavy atom. The number of hydrogen-bond donors (Lipinski definition) is 1. The minimum Gasteiger partial charge on any atom is -0.503 e. The number of furan rings is 1. The quantitative estimate of drug-likeness (QED) is 0.191. The number of amides is 1. The third-order valence-electron chi connectivity index (χ3n) is 6.00. The van der Waals surface area contributed by atoms with E-state index >= 15 is 0 Å². The first-order valence-corrected chi connectivity index (χ1v) is 12.8. The second-order valence-electron chi connectivity index (χ2n) is 8.37. The Labute approximate surface area is 221 Å². The molecule has 0 radical (unpaired) electrons. The predicted octanol–water partition coefficient (Wildman–Crippen LogP) is 6.51. The molecule has 1 atom stereocenters. The van der Waals surface area contributed by atoms with Crippen molar-refractivity contribution in [1.29, 1.82) is 0 Å². The number of benzene rings is 2. The Hall–Kier alpha value is -3.82. The molecule has 190 valence electrons. The summed E-state index contributed by atoms with van der Waals surface area (Å²) in [5.74, 6) is -1.03. The number of rotatable bonds is 9. The van der Waals surface area contributed by atoms with Gasteiger partial charge in [-0.1, -0.05) is 42.3 Å². The van der Waals surface area contributed by atoms with Crippen LogP contribution in [0.2, 0.25) is 5.02 Å². The number of anilines is 1. The van der Waals surface area contributed by atoms with E-state index in [1.807, 2.05) is 0 Å². The maximum absolute atomic E-state index is 13.5. The number of aliphatic hydroxyl groups is 1. The van der Waals surface area contributed by atoms with E-state index in [1.165, 1.54) is 35.7 Å². The lowest BCUT2D eigenvalue weighted by atomic mass is 9.95. The van der Waals surface area contributed by atoms with Crippen LogP contribution < -0.4 is 14.4 Å². The molecule has 1 aliphatic rings. The first kappa shape index (κ1) is 24.9. The smallest absolute Gasteiger partial charge is 0.296 e. The number of carbonyl (C=O) groups is 2. The van der Waals surface area contributed by atoms with Crippen LogP contribution in [0, 0.1) is 0 Å². The molecule has 4 aromatic rings. The number of halogens is 1. The summed E-state index contributed by atoms with van der Waals surface area (Å²) in [5, 5.41) is 11.8. The number of aliphatic hydroxyl groups excluding tert-OH is 1. The van der Waals surface area contributed by atoms with Gasteiger partial charge in [-0.2, -0.15) is 0 Å². The van der Waals surface area contributed by atoms with Crippen LogP contribution in [0.15, 0.2) is 70.5 Å². The van der Waals surface area contributed by atoms with Gasteiger partial charge in [-0.15, -0.1) is 0 Å². The molecule has 0 fully saturated rings. The molecule has 1 N–H and O–H groups in total. The highest BCUT2D eigenvalue weighted by atomic mass is 35.5. The number of carbonyl (C=O) groups excluding carboxylic acids is 2. The van der Waals surface area contributed by atoms with E-state index in [1.54, 1.807) is 42.5 Å². The van der Waals surface area contributed by atoms with Crippen LogP contribution in [0.5, 0.6) is 11.5 Å². The Morgan fingerprint density at radius 1 is 1.22 bits per heavy atom. The number of unbranched alkanes of at least 4 members (excludes halogenated alkanes) is 1. The van der Waals surface area contributed by atoms with Crippen molar-refractivity contribution >= 4 is 50.0 Å². The Bertz CT molecular complexity index is 1510. The monoisotopic (exact) mass is 538 g/mol. The van der Waals surface area contributed by atoms with Gasteiger partial charge in [0.1, 0.15) is 0 Å². The van der Waals surface area contributed by atoms with Crippen molar-refractivity contribution in [2.75, 3.05) is 18.6 Å². The molecule has 0 bridgehead atoms. The average molecular weight is 539 g/mol. The molecule has 8 nitrogen and oxygen atoms in total. The molecule has 1 amide bonds. The van der Waals surface area contributed by atoms with Crippen LogP contribution >= 0.6 is 22.9 Å². The van der Waals surface area contributed by atoms with Gasteiger partial charge in [0.2, 0.25) is 5.78 Å². The summed E-state index contributed by atoms with van der Waals surface area (Å²) < 4.78 is 17.5. The molecule has 10 heteroatoms. The molecule has 0 saturated heterocycles. The van der Waals surface area contributed by atoms with Gasteiger partial charge in [-0.05, 0) is 54.4 Å². The Kier molecular flexibility index (Phi) is 6.90. The molecular weight excluding hydrogens is 516 g/mol. The van der Waals surface area contributed by atoms with Gasteiger partial charge in [-0.3, -0.25) is 14.5 Å². The van der Waals surface area contributed by atoms with Gasteiger partial charge < -0.3 is 19.0 Å². The molecule has 0 saturated carbocycles. The van der Waals surface area contributed by atoms with E-state index in [-0.39, 0.29) is 11.3 Å². The lowest BCUT2D eigenvalue weighted by Crippen LogP contribution is -2.31. The lowest BCUT2D eigenvalue weighted by molar-refractivity contribution is -0.117. The number of thiazole rings is 1. The van der Waals surface area contributed by atoms with Gasteiger partial charge in [0, 0.05) is 5.02 Å². The summed E-state index contributed by atoms with van der Waals surface area (Å²) in [7, 11) is 1.52. The van der Waals surface area contributed by atoms with Crippen LogP contribution in [-0.2, 0) is 4.79 Å². The van der Waals surface area contributed by atoms with Gasteiger partial charge >= 0.3 is 0 Å². The summed E-state index contributed by atoms with van der Waals surface area (Å²) in [4.78, 5) is 32.8. The topological polar surface area (TPSA) is 102 Å². The summed E-state index contributed by atoms with van der Waals surface area (Å²) >= 11 is 7.38. The number of fused-ring (bicyclic) bond motifs is 1. The minimum atomic E-state index is -0.986. The minimum absolute atomic E-state index is 0.00349. The van der Waals surface area contributed by atoms with E-state index < -0.39 is 23.5 Å². The number of methoxy groups -OCH3 is 1. The lowest BCUT2D eigenvalue weighted by Gasteiger charge is -2.25. The number of ether oxygens (including phenoxy) is 2. The van der Waals surface area contributed by atoms with Crippen molar-refractivity contribution < 1.29 is 28.6 Å². The van der Waals surface area contributed by atoms with E-state index in [0.717, 1.165) is 17.5 Å². The van der Waals surface area contributed by atoms with Crippen molar-refractivity contribution in [2.45, 2.75) is 25.8 Å². The summed E-state index contributed by atoms with van der Waals surface area (Å²) in [6.07, 6.45) is 3.22. The average Bonchev–Trinajstić information content (AvgIpc) is 3.63. The highest BCUT2D eigenvalue weighted by Crippen LogP contribution is 2.46. The van der Waals surface area contributed by atoms with Crippen molar-refractivity contribution in [3.63, 3.8) is 0 Å². The number of ketones is 1. The van der Waals surface area contributed by atoms with Crippen LogP contribution in [0.1, 0.15) is 41.9 Å². The molecule has 2 aromatic heterocycles. The summed E-state index contributed by atoms with van der Waals surface area (Å²) in [6, 6.07) is 12.4. The SMILES string of the molecule is CCCCOc1ccc(C2C(C(=O)c3ccco3)=C(O)C(=O)N2c2nc3ccc(Cl)cc3s2)cc1OC. The van der Waals surface area contributed by atoms with Crippen molar-refractivity contribution in [3.05, 3.63) is 82.5 Å². The van der Waals surface area contributed by atoms with Crippen LogP contribution in [0.3, 0.4) is 0 Å². The Morgan fingerprint density at radius 2 is 2.05 bits per heavy atom. The summed E-state index contributed by atoms with van der Waals surface area (Å²) in [6.45, 7) is 2.60. The number of nitrogens with zero attached hydrogens (tertiary/aromatic N) is 2. The maximum Gasteiger partial charge on any atom is 0.296 e. The second-order valence-corrected chi connectivity index (χ2v) is 9.81. The number of Topliss-reactive ketones (excluding diaryl/α,β-unsaturated/α-hetero) is 1. The first-order chi connectivity index (χ1) is 17.9. The molecule has 0 spiro atoms. The van der Waals surface area contributed by atoms with Crippen molar-refractivity contribution in [1.82, 2.24) is 4.98 Å². The normalized spacial score (nSPS) is 15.6. The van der Waals surface area contributed by atoms with Gasteiger partial charge in [0.05, 0.1) is 41.8 Å². The molecule has 1 unspecified atom stereocenters.